The van der Waals surface area contributed by atoms with Crippen LogP contribution in [0.15, 0.2) is 36.5 Å². The van der Waals surface area contributed by atoms with Gasteiger partial charge in [0.1, 0.15) is 0 Å². The molecule has 1 heterocycles. The molecule has 0 aliphatic rings. The number of benzene rings is 1. The third-order valence-electron chi connectivity index (χ3n) is 2.32. The van der Waals surface area contributed by atoms with Gasteiger partial charge in [0.05, 0.1) is 0 Å². The number of hydrogen-bond acceptors (Lipinski definition) is 5. The summed E-state index contributed by atoms with van der Waals surface area (Å²) in [5.41, 5.74) is 0.0502. The van der Waals surface area contributed by atoms with Gasteiger partial charge in [-0.05, 0) is 28.1 Å². The van der Waals surface area contributed by atoms with E-state index >= 15 is 0 Å². The number of amides is 1. The summed E-state index contributed by atoms with van der Waals surface area (Å²) < 4.78 is 18.9. The van der Waals surface area contributed by atoms with Crippen molar-refractivity contribution in [2.45, 2.75) is 0 Å². The molecule has 0 radical (unpaired) electrons. The molecule has 0 saturated heterocycles. The molecular formula is C12H8FN3O5. The van der Waals surface area contributed by atoms with Crippen molar-refractivity contribution in [3.63, 3.8) is 0 Å². The van der Waals surface area contributed by atoms with E-state index in [9.17, 15) is 19.3 Å². The van der Waals surface area contributed by atoms with Gasteiger partial charge in [0.2, 0.25) is 0 Å². The summed E-state index contributed by atoms with van der Waals surface area (Å²) in [5, 5.41) is 20.9. The van der Waals surface area contributed by atoms with Gasteiger partial charge < -0.3 is 20.0 Å². The van der Waals surface area contributed by atoms with Crippen molar-refractivity contribution in [3.8, 4) is 11.5 Å². The Bertz CT molecular complexity index is 690. The summed E-state index contributed by atoms with van der Waals surface area (Å²) in [7, 11) is 0. The van der Waals surface area contributed by atoms with E-state index in [0.29, 0.717) is 0 Å². The lowest BCUT2D eigenvalue weighted by Gasteiger charge is -2.07. The maximum atomic E-state index is 13.7. The Morgan fingerprint density at radius 3 is 2.67 bits per heavy atom. The minimum atomic E-state index is -1.32. The van der Waals surface area contributed by atoms with Crippen LogP contribution in [0, 0.1) is 15.9 Å². The molecule has 108 valence electrons. The van der Waals surface area contributed by atoms with Crippen molar-refractivity contribution in [2.75, 3.05) is 5.32 Å². The third-order valence-corrected chi connectivity index (χ3v) is 2.32. The molecule has 0 aliphatic heterocycles. The lowest BCUT2D eigenvalue weighted by Crippen LogP contribution is -2.07. The summed E-state index contributed by atoms with van der Waals surface area (Å²) in [5.74, 6) is -1.21. The number of hydrogen-bond donors (Lipinski definition) is 2. The molecule has 0 bridgehead atoms. The van der Waals surface area contributed by atoms with Crippen LogP contribution in [0.3, 0.4) is 0 Å². The Balaban J connectivity index is 2.15. The van der Waals surface area contributed by atoms with E-state index in [1.165, 1.54) is 18.2 Å². The Hall–Kier alpha value is -3.23. The fourth-order valence-electron chi connectivity index (χ4n) is 1.45. The van der Waals surface area contributed by atoms with Gasteiger partial charge in [-0.2, -0.15) is 0 Å². The Morgan fingerprint density at radius 2 is 2.14 bits per heavy atom. The summed E-state index contributed by atoms with van der Waals surface area (Å²) in [6.07, 6.45) is -0.233. The zero-order valence-electron chi connectivity index (χ0n) is 10.3. The molecule has 21 heavy (non-hydrogen) atoms. The normalized spacial score (nSPS) is 9.95. The van der Waals surface area contributed by atoms with Gasteiger partial charge in [0.15, 0.2) is 23.5 Å². The molecule has 1 amide bonds. The highest BCUT2D eigenvalue weighted by molar-refractivity contribution is 5.82. The number of nitrogens with zero attached hydrogens (tertiary/aromatic N) is 2. The standard InChI is InChI=1S/C12H8FN3O5/c13-9-5-7(15-12(17)18)1-3-10(9)21-8-2-4-11(14-6-8)16(19)20/h1-6,15H,(H,17,18). The molecule has 0 spiro atoms. The number of nitrogens with one attached hydrogen (secondary N) is 1. The largest absolute Gasteiger partial charge is 0.465 e. The number of rotatable bonds is 4. The molecule has 0 fully saturated rings. The molecule has 0 unspecified atom stereocenters. The van der Waals surface area contributed by atoms with Crippen molar-refractivity contribution in [1.29, 1.82) is 0 Å². The quantitative estimate of drug-likeness (QED) is 0.661. The van der Waals surface area contributed by atoms with E-state index in [2.05, 4.69) is 4.98 Å². The van der Waals surface area contributed by atoms with Gasteiger partial charge in [0.25, 0.3) is 0 Å². The third kappa shape index (κ3) is 3.62. The maximum Gasteiger partial charge on any atom is 0.409 e. The second-order valence-electron chi connectivity index (χ2n) is 3.79. The summed E-state index contributed by atoms with van der Waals surface area (Å²) in [6.45, 7) is 0. The Morgan fingerprint density at radius 1 is 1.38 bits per heavy atom. The lowest BCUT2D eigenvalue weighted by molar-refractivity contribution is -0.389. The number of halogens is 1. The highest BCUT2D eigenvalue weighted by Crippen LogP contribution is 2.27. The molecule has 2 N–H and O–H groups in total. The highest BCUT2D eigenvalue weighted by Gasteiger charge is 2.11. The van der Waals surface area contributed by atoms with Crippen LogP contribution in [0.4, 0.5) is 20.7 Å². The van der Waals surface area contributed by atoms with Crippen molar-refractivity contribution >= 4 is 17.6 Å². The van der Waals surface area contributed by atoms with E-state index < -0.39 is 16.8 Å². The van der Waals surface area contributed by atoms with Crippen LogP contribution in [0.2, 0.25) is 0 Å². The second-order valence-corrected chi connectivity index (χ2v) is 3.79. The van der Waals surface area contributed by atoms with Crippen LogP contribution in [0.5, 0.6) is 11.5 Å². The molecule has 8 nitrogen and oxygen atoms in total. The van der Waals surface area contributed by atoms with E-state index in [4.69, 9.17) is 9.84 Å². The molecule has 1 aromatic heterocycles. The summed E-state index contributed by atoms with van der Waals surface area (Å²) in [4.78, 5) is 23.7. The number of anilines is 1. The molecule has 0 aliphatic carbocycles. The number of pyridine rings is 1. The summed E-state index contributed by atoms with van der Waals surface area (Å²) in [6, 6.07) is 5.87. The van der Waals surface area contributed by atoms with Crippen LogP contribution in [0.1, 0.15) is 0 Å². The van der Waals surface area contributed by atoms with Crippen LogP contribution in [0.25, 0.3) is 0 Å². The molecule has 2 rings (SSSR count). The van der Waals surface area contributed by atoms with E-state index in [-0.39, 0.29) is 23.0 Å². The molecule has 2 aromatic rings. The SMILES string of the molecule is O=C(O)Nc1ccc(Oc2ccc([N+](=O)[O-])nc2)c(F)c1. The predicted molar refractivity (Wildman–Crippen MR) is 69.0 cm³/mol. The van der Waals surface area contributed by atoms with Gasteiger partial charge in [-0.3, -0.25) is 5.32 Å². The van der Waals surface area contributed by atoms with Crippen LogP contribution >= 0.6 is 0 Å². The average Bonchev–Trinajstić information content (AvgIpc) is 2.42. The van der Waals surface area contributed by atoms with E-state index in [1.807, 2.05) is 5.32 Å². The number of carbonyl (C=O) groups is 1. The lowest BCUT2D eigenvalue weighted by atomic mass is 10.3. The number of aromatic nitrogens is 1. The Kier molecular flexibility index (Phi) is 3.93. The van der Waals surface area contributed by atoms with Crippen LogP contribution in [-0.2, 0) is 0 Å². The van der Waals surface area contributed by atoms with Gasteiger partial charge in [-0.15, -0.1) is 0 Å². The number of ether oxygens (including phenoxy) is 1. The molecular weight excluding hydrogens is 285 g/mol. The average molecular weight is 293 g/mol. The monoisotopic (exact) mass is 293 g/mol. The fourth-order valence-corrected chi connectivity index (χ4v) is 1.45. The van der Waals surface area contributed by atoms with Crippen molar-refractivity contribution in [3.05, 3.63) is 52.5 Å². The van der Waals surface area contributed by atoms with Gasteiger partial charge in [-0.25, -0.2) is 9.18 Å². The Labute approximate surface area is 117 Å². The zero-order valence-corrected chi connectivity index (χ0v) is 10.3. The number of nitro groups is 1. The maximum absolute atomic E-state index is 13.7. The van der Waals surface area contributed by atoms with Crippen LogP contribution < -0.4 is 10.1 Å². The van der Waals surface area contributed by atoms with E-state index in [1.54, 1.807) is 0 Å². The van der Waals surface area contributed by atoms with Crippen LogP contribution in [-0.4, -0.2) is 21.1 Å². The fraction of sp³-hybridized carbons (Fsp3) is 0. The number of carboxylic acid groups (broad SMARTS) is 1. The van der Waals surface area contributed by atoms with Gasteiger partial charge in [-0.1, -0.05) is 0 Å². The molecule has 0 atom stereocenters. The van der Waals surface area contributed by atoms with Gasteiger partial charge in [0, 0.05) is 17.8 Å². The predicted octanol–water partition coefficient (Wildman–Crippen LogP) is 3.01. The summed E-state index contributed by atoms with van der Waals surface area (Å²) >= 11 is 0. The molecule has 0 saturated carbocycles. The van der Waals surface area contributed by atoms with E-state index in [0.717, 1.165) is 18.3 Å². The first-order chi connectivity index (χ1) is 9.95. The molecule has 1 aromatic carbocycles. The zero-order chi connectivity index (χ0) is 15.4. The van der Waals surface area contributed by atoms with Gasteiger partial charge >= 0.3 is 11.9 Å². The van der Waals surface area contributed by atoms with Crippen molar-refractivity contribution < 1.29 is 24.0 Å². The first kappa shape index (κ1) is 14.2. The topological polar surface area (TPSA) is 115 Å². The first-order valence-corrected chi connectivity index (χ1v) is 5.53. The molecule has 9 heteroatoms. The van der Waals surface area contributed by atoms with Crippen molar-refractivity contribution in [1.82, 2.24) is 4.98 Å². The second kappa shape index (κ2) is 5.82. The highest BCUT2D eigenvalue weighted by atomic mass is 19.1. The first-order valence-electron chi connectivity index (χ1n) is 5.53. The smallest absolute Gasteiger partial charge is 0.409 e. The van der Waals surface area contributed by atoms with Crippen molar-refractivity contribution in [2.24, 2.45) is 0 Å². The minimum Gasteiger partial charge on any atom is -0.465 e. The minimum absolute atomic E-state index is 0.0502.